The molecule has 1 atom stereocenters. The fourth-order valence-electron chi connectivity index (χ4n) is 3.23. The Kier molecular flexibility index (Phi) is 9.56. The van der Waals surface area contributed by atoms with Crippen molar-refractivity contribution in [3.05, 3.63) is 59.2 Å². The Morgan fingerprint density at radius 1 is 1.15 bits per heavy atom. The molecule has 2 rings (SSSR count). The van der Waals surface area contributed by atoms with E-state index in [1.54, 1.807) is 18.9 Å². The van der Waals surface area contributed by atoms with E-state index in [9.17, 15) is 0 Å². The second kappa shape index (κ2) is 11.6. The van der Waals surface area contributed by atoms with Gasteiger partial charge in [0, 0.05) is 31.4 Å². The second-order valence-corrected chi connectivity index (χ2v) is 8.69. The average Bonchev–Trinajstić information content (AvgIpc) is 2.69. The van der Waals surface area contributed by atoms with Crippen LogP contribution in [0.25, 0.3) is 0 Å². The third kappa shape index (κ3) is 6.18. The first kappa shape index (κ1) is 22.2. The summed E-state index contributed by atoms with van der Waals surface area (Å²) in [6, 6.07) is 15.7. The van der Waals surface area contributed by atoms with E-state index in [4.69, 9.17) is 4.74 Å². The van der Waals surface area contributed by atoms with Crippen LogP contribution in [0.4, 0.5) is 5.69 Å². The molecule has 0 heterocycles. The second-order valence-electron chi connectivity index (χ2n) is 6.43. The van der Waals surface area contributed by atoms with Crippen LogP contribution in [-0.4, -0.2) is 39.3 Å². The fraction of sp³-hybridized carbons (Fsp3) is 0.455. The first-order chi connectivity index (χ1) is 13.1. The zero-order valence-corrected chi connectivity index (χ0v) is 18.8. The van der Waals surface area contributed by atoms with Crippen molar-refractivity contribution in [3.63, 3.8) is 0 Å². The standard InChI is InChI=1S/C22H32N2OS2/c1-6-27-24(3)21-11-8-7-10-20(21)22(23-14-9-15-25-4)19-13-12-18(26-5)16-17(19)2/h7-8,10-13,16,22-23H,6,9,14-15H2,1-5H3. The van der Waals surface area contributed by atoms with Crippen LogP contribution in [0.1, 0.15) is 36.1 Å². The highest BCUT2D eigenvalue weighted by molar-refractivity contribution is 8.00. The summed E-state index contributed by atoms with van der Waals surface area (Å²) in [5.41, 5.74) is 5.25. The highest BCUT2D eigenvalue weighted by atomic mass is 32.2. The molecule has 1 N–H and O–H groups in total. The van der Waals surface area contributed by atoms with E-state index in [-0.39, 0.29) is 6.04 Å². The lowest BCUT2D eigenvalue weighted by Crippen LogP contribution is -2.26. The van der Waals surface area contributed by atoms with E-state index in [0.29, 0.717) is 0 Å². The molecule has 5 heteroatoms. The van der Waals surface area contributed by atoms with Gasteiger partial charge in [-0.1, -0.05) is 43.1 Å². The van der Waals surface area contributed by atoms with Gasteiger partial charge in [0.2, 0.25) is 0 Å². The summed E-state index contributed by atoms with van der Waals surface area (Å²) >= 11 is 3.63. The topological polar surface area (TPSA) is 24.5 Å². The Morgan fingerprint density at radius 3 is 2.59 bits per heavy atom. The molecule has 0 aliphatic rings. The van der Waals surface area contributed by atoms with Crippen LogP contribution in [0.3, 0.4) is 0 Å². The van der Waals surface area contributed by atoms with Gasteiger partial charge in [0.25, 0.3) is 0 Å². The van der Waals surface area contributed by atoms with Crippen molar-refractivity contribution in [1.82, 2.24) is 5.32 Å². The third-order valence-corrected chi connectivity index (χ3v) is 6.14. The van der Waals surface area contributed by atoms with E-state index in [2.05, 4.69) is 79.2 Å². The summed E-state index contributed by atoms with van der Waals surface area (Å²) in [5.74, 6) is 1.05. The molecule has 0 spiro atoms. The highest BCUT2D eigenvalue weighted by Crippen LogP contribution is 2.35. The number of para-hydroxylation sites is 1. The predicted molar refractivity (Wildman–Crippen MR) is 122 cm³/mol. The molecule has 148 valence electrons. The number of benzene rings is 2. The Labute approximate surface area is 173 Å². The number of hydrogen-bond acceptors (Lipinski definition) is 5. The van der Waals surface area contributed by atoms with Gasteiger partial charge in [0.05, 0.1) is 11.7 Å². The van der Waals surface area contributed by atoms with Crippen LogP contribution in [0.5, 0.6) is 0 Å². The molecule has 1 unspecified atom stereocenters. The van der Waals surface area contributed by atoms with Crippen molar-refractivity contribution in [2.75, 3.05) is 43.6 Å². The summed E-state index contributed by atoms with van der Waals surface area (Å²) in [7, 11) is 3.91. The van der Waals surface area contributed by atoms with Gasteiger partial charge in [-0.3, -0.25) is 0 Å². The number of anilines is 1. The smallest absolute Gasteiger partial charge is 0.0600 e. The molecule has 0 fully saturated rings. The van der Waals surface area contributed by atoms with Crippen molar-refractivity contribution in [3.8, 4) is 0 Å². The molecule has 2 aromatic carbocycles. The summed E-state index contributed by atoms with van der Waals surface area (Å²) in [6.07, 6.45) is 3.12. The maximum Gasteiger partial charge on any atom is 0.0600 e. The Morgan fingerprint density at radius 2 is 1.93 bits per heavy atom. The number of methoxy groups -OCH3 is 1. The number of hydrogen-bond donors (Lipinski definition) is 1. The molecule has 0 saturated heterocycles. The Hall–Kier alpha value is -1.14. The summed E-state index contributed by atoms with van der Waals surface area (Å²) in [5, 5.41) is 3.78. The summed E-state index contributed by atoms with van der Waals surface area (Å²) < 4.78 is 7.51. The van der Waals surface area contributed by atoms with E-state index >= 15 is 0 Å². The Balaban J connectivity index is 2.41. The Bertz CT molecular complexity index is 708. The van der Waals surface area contributed by atoms with Gasteiger partial charge in [-0.25, -0.2) is 0 Å². The van der Waals surface area contributed by atoms with Gasteiger partial charge < -0.3 is 14.4 Å². The molecule has 0 bridgehead atoms. The van der Waals surface area contributed by atoms with Gasteiger partial charge in [-0.2, -0.15) is 0 Å². The van der Waals surface area contributed by atoms with E-state index in [1.165, 1.54) is 27.3 Å². The number of thioether (sulfide) groups is 1. The minimum absolute atomic E-state index is 0.161. The van der Waals surface area contributed by atoms with Crippen LogP contribution in [0.15, 0.2) is 47.4 Å². The van der Waals surface area contributed by atoms with Gasteiger partial charge in [-0.15, -0.1) is 11.8 Å². The lowest BCUT2D eigenvalue weighted by atomic mass is 9.93. The summed E-state index contributed by atoms with van der Waals surface area (Å²) in [6.45, 7) is 6.10. The van der Waals surface area contributed by atoms with Crippen molar-refractivity contribution in [2.24, 2.45) is 0 Å². The maximum atomic E-state index is 5.23. The van der Waals surface area contributed by atoms with Crippen molar-refractivity contribution < 1.29 is 4.74 Å². The number of ether oxygens (including phenoxy) is 1. The molecular weight excluding hydrogens is 372 g/mol. The molecule has 2 aromatic rings. The van der Waals surface area contributed by atoms with Gasteiger partial charge >= 0.3 is 0 Å². The molecule has 3 nitrogen and oxygen atoms in total. The first-order valence-electron chi connectivity index (χ1n) is 9.44. The number of aryl methyl sites for hydroxylation is 1. The minimum atomic E-state index is 0.161. The van der Waals surface area contributed by atoms with Crippen LogP contribution in [0, 0.1) is 6.92 Å². The molecule has 0 aliphatic carbocycles. The SMILES string of the molecule is CCSN(C)c1ccccc1C(NCCCOC)c1ccc(SC)cc1C. The zero-order valence-electron chi connectivity index (χ0n) is 17.1. The predicted octanol–water partition coefficient (Wildman–Crippen LogP) is 5.54. The fourth-order valence-corrected chi connectivity index (χ4v) is 4.42. The molecule has 0 aliphatic heterocycles. The largest absolute Gasteiger partial charge is 0.385 e. The normalized spacial score (nSPS) is 12.2. The van der Waals surface area contributed by atoms with Gasteiger partial charge in [0.15, 0.2) is 0 Å². The van der Waals surface area contributed by atoms with Crippen molar-refractivity contribution in [1.29, 1.82) is 0 Å². The molecule has 27 heavy (non-hydrogen) atoms. The van der Waals surface area contributed by atoms with Crippen molar-refractivity contribution >= 4 is 29.4 Å². The number of nitrogens with zero attached hydrogens (tertiary/aromatic N) is 1. The molecular formula is C22H32N2OS2. The molecule has 0 saturated carbocycles. The zero-order chi connectivity index (χ0) is 19.6. The highest BCUT2D eigenvalue weighted by Gasteiger charge is 2.20. The molecule has 0 amide bonds. The number of rotatable bonds is 11. The first-order valence-corrected chi connectivity index (χ1v) is 11.6. The van der Waals surface area contributed by atoms with E-state index < -0.39 is 0 Å². The lowest BCUT2D eigenvalue weighted by molar-refractivity contribution is 0.193. The third-order valence-electron chi connectivity index (χ3n) is 4.57. The minimum Gasteiger partial charge on any atom is -0.385 e. The van der Waals surface area contributed by atoms with Crippen LogP contribution < -0.4 is 9.62 Å². The quantitative estimate of drug-likeness (QED) is 0.301. The van der Waals surface area contributed by atoms with E-state index in [0.717, 1.165) is 25.3 Å². The monoisotopic (exact) mass is 404 g/mol. The molecule has 0 radical (unpaired) electrons. The average molecular weight is 405 g/mol. The summed E-state index contributed by atoms with van der Waals surface area (Å²) in [4.78, 5) is 1.31. The maximum absolute atomic E-state index is 5.23. The van der Waals surface area contributed by atoms with Crippen LogP contribution in [-0.2, 0) is 4.74 Å². The lowest BCUT2D eigenvalue weighted by Gasteiger charge is -2.28. The van der Waals surface area contributed by atoms with Gasteiger partial charge in [0.1, 0.15) is 0 Å². The number of nitrogens with one attached hydrogen (secondary N) is 1. The van der Waals surface area contributed by atoms with Gasteiger partial charge in [-0.05, 0) is 61.0 Å². The van der Waals surface area contributed by atoms with E-state index in [1.807, 2.05) is 11.9 Å². The van der Waals surface area contributed by atoms with Crippen molar-refractivity contribution in [2.45, 2.75) is 31.2 Å². The van der Waals surface area contributed by atoms with Crippen LogP contribution in [0.2, 0.25) is 0 Å². The molecule has 0 aromatic heterocycles. The van der Waals surface area contributed by atoms with Crippen LogP contribution >= 0.6 is 23.7 Å².